The quantitative estimate of drug-likeness (QED) is 0.125. The van der Waals surface area contributed by atoms with Crippen LogP contribution >= 0.6 is 0 Å². The van der Waals surface area contributed by atoms with E-state index in [2.05, 4.69) is 20.4 Å². The van der Waals surface area contributed by atoms with Gasteiger partial charge in [-0.25, -0.2) is 4.79 Å². The van der Waals surface area contributed by atoms with Crippen LogP contribution in [0.25, 0.3) is 0 Å². The van der Waals surface area contributed by atoms with E-state index in [-0.39, 0.29) is 29.3 Å². The zero-order valence-corrected chi connectivity index (χ0v) is 29.6. The fraction of sp³-hybridized carbons (Fsp3) is 0.865. The zero-order chi connectivity index (χ0) is 35.9. The number of rotatable bonds is 7. The molecule has 0 spiro atoms. The highest BCUT2D eigenvalue weighted by atomic mass is 16.7. The smallest absolute Gasteiger partial charge is 0.331 e. The number of methoxy groups -OCH3 is 1. The van der Waals surface area contributed by atoms with E-state index in [1.54, 1.807) is 13.0 Å². The Balaban J connectivity index is 1.00. The standard InChI is InChI=1S/C37H56O13/c1-17-22(19-12-26(39)46-16-19)9-11-37(44)23-7-6-20-13-21(8-10-35(20,3)24(23)14-36(17,37)4)48-34-30(43)32(45-5)31(18(2)47-34)50-33-29(42)28(41)27(40)25(15-38)49-33/h12,18,20-25,27-34,38,40-44H,1,6-11,13-16H2,2-5H3/t18-,20+,21-,22-,23+,24-,25+,27+,28-,29+,30-,31-,32-,33-,34-,35-,36+,37-/m0/s1. The lowest BCUT2D eigenvalue weighted by Gasteiger charge is -2.56. The summed E-state index contributed by atoms with van der Waals surface area (Å²) in [6, 6.07) is 0. The average molecular weight is 709 g/mol. The van der Waals surface area contributed by atoms with Crippen LogP contribution in [0.5, 0.6) is 0 Å². The summed E-state index contributed by atoms with van der Waals surface area (Å²) in [4.78, 5) is 11.9. The normalized spacial score (nSPS) is 53.6. The SMILES string of the molecule is C=C1[C@@H](C2=CC(=O)OC2)CC[C@]2(O)[C@@H]3CC[C@@H]4C[C@@H](O[C@@H]5O[C@@H](C)[C@H](O[C@@H]6O[C@H](CO)[C@@H](O)[C@H](O)[C@H]6O)[C@@H](OC)[C@@H]5O)CC[C@]4(C)[C@H]3C[C@]12C. The van der Waals surface area contributed by atoms with Crippen LogP contribution < -0.4 is 0 Å². The minimum absolute atomic E-state index is 0.000923. The summed E-state index contributed by atoms with van der Waals surface area (Å²) in [5.74, 6) is 0.598. The van der Waals surface area contributed by atoms with Crippen molar-refractivity contribution in [3.8, 4) is 0 Å². The Labute approximate surface area is 293 Å². The summed E-state index contributed by atoms with van der Waals surface area (Å²) in [7, 11) is 1.43. The molecular formula is C37H56O13. The van der Waals surface area contributed by atoms with Crippen LogP contribution in [0.4, 0.5) is 0 Å². The molecule has 0 amide bonds. The Morgan fingerprint density at radius 1 is 0.920 bits per heavy atom. The lowest BCUT2D eigenvalue weighted by atomic mass is 9.51. The highest BCUT2D eigenvalue weighted by molar-refractivity contribution is 5.85. The molecule has 3 aliphatic heterocycles. The maximum Gasteiger partial charge on any atom is 0.331 e. The molecule has 6 N–H and O–H groups in total. The Morgan fingerprint density at radius 2 is 1.66 bits per heavy atom. The molecule has 7 rings (SSSR count). The van der Waals surface area contributed by atoms with Gasteiger partial charge in [0.15, 0.2) is 12.6 Å². The van der Waals surface area contributed by atoms with Crippen LogP contribution in [0.3, 0.4) is 0 Å². The lowest BCUT2D eigenvalue weighted by molar-refractivity contribution is -0.362. The van der Waals surface area contributed by atoms with Crippen molar-refractivity contribution in [3.63, 3.8) is 0 Å². The van der Waals surface area contributed by atoms with Gasteiger partial charge in [-0.15, -0.1) is 0 Å². The summed E-state index contributed by atoms with van der Waals surface area (Å²) in [6.07, 6.45) is -3.90. The molecule has 0 aromatic rings. The van der Waals surface area contributed by atoms with Gasteiger partial charge in [-0.3, -0.25) is 0 Å². The van der Waals surface area contributed by atoms with Crippen LogP contribution in [0, 0.1) is 34.5 Å². The second kappa shape index (κ2) is 13.4. The van der Waals surface area contributed by atoms with E-state index in [1.807, 2.05) is 0 Å². The molecule has 2 saturated heterocycles. The maximum atomic E-state index is 12.5. The van der Waals surface area contributed by atoms with E-state index >= 15 is 0 Å². The van der Waals surface area contributed by atoms with Gasteiger partial charge in [0.1, 0.15) is 49.3 Å². The van der Waals surface area contributed by atoms with Crippen LogP contribution in [-0.2, 0) is 33.2 Å². The minimum atomic E-state index is -1.61. The number of aliphatic hydroxyl groups is 6. The number of hydrogen-bond acceptors (Lipinski definition) is 13. The van der Waals surface area contributed by atoms with Crippen LogP contribution in [0.1, 0.15) is 72.1 Å². The first-order valence-electron chi connectivity index (χ1n) is 18.4. The topological polar surface area (TPSA) is 194 Å². The van der Waals surface area contributed by atoms with Gasteiger partial charge in [-0.05, 0) is 87.0 Å². The van der Waals surface area contributed by atoms with Crippen LogP contribution in [0.15, 0.2) is 23.8 Å². The third kappa shape index (κ3) is 5.66. The maximum absolute atomic E-state index is 12.5. The summed E-state index contributed by atoms with van der Waals surface area (Å²) >= 11 is 0. The number of carbonyl (C=O) groups excluding carboxylic acids is 1. The molecule has 6 fully saturated rings. The van der Waals surface area contributed by atoms with Crippen molar-refractivity contribution >= 4 is 5.97 Å². The van der Waals surface area contributed by atoms with Gasteiger partial charge >= 0.3 is 5.97 Å². The van der Waals surface area contributed by atoms with Crippen LogP contribution in [-0.4, -0.2) is 130 Å². The fourth-order valence-corrected chi connectivity index (χ4v) is 11.3. The van der Waals surface area contributed by atoms with E-state index in [9.17, 15) is 35.4 Å². The van der Waals surface area contributed by atoms with Crippen molar-refractivity contribution in [2.24, 2.45) is 34.5 Å². The van der Waals surface area contributed by atoms with E-state index in [0.717, 1.165) is 56.1 Å². The number of aliphatic hydroxyl groups excluding tert-OH is 5. The number of carbonyl (C=O) groups is 1. The molecule has 0 aromatic heterocycles. The molecule has 0 bridgehead atoms. The Morgan fingerprint density at radius 3 is 2.34 bits per heavy atom. The van der Waals surface area contributed by atoms with Crippen molar-refractivity contribution in [1.29, 1.82) is 0 Å². The van der Waals surface area contributed by atoms with Crippen molar-refractivity contribution < 1.29 is 63.9 Å². The van der Waals surface area contributed by atoms with Crippen molar-refractivity contribution in [2.75, 3.05) is 20.3 Å². The number of esters is 1. The van der Waals surface area contributed by atoms with Gasteiger partial charge in [0.25, 0.3) is 0 Å². The van der Waals surface area contributed by atoms with Crippen molar-refractivity contribution in [2.45, 2.75) is 145 Å². The summed E-state index contributed by atoms with van der Waals surface area (Å²) < 4.78 is 35.1. The van der Waals surface area contributed by atoms with Crippen molar-refractivity contribution in [3.05, 3.63) is 23.8 Å². The molecule has 0 unspecified atom stereocenters. The van der Waals surface area contributed by atoms with Crippen molar-refractivity contribution in [1.82, 2.24) is 0 Å². The molecule has 13 heteroatoms. The number of fused-ring (bicyclic) bond motifs is 5. The monoisotopic (exact) mass is 708 g/mol. The van der Waals surface area contributed by atoms with Gasteiger partial charge < -0.3 is 59.1 Å². The molecule has 18 atom stereocenters. The highest BCUT2D eigenvalue weighted by Gasteiger charge is 2.69. The third-order valence-corrected chi connectivity index (χ3v) is 14.4. The molecule has 13 nitrogen and oxygen atoms in total. The largest absolute Gasteiger partial charge is 0.458 e. The fourth-order valence-electron chi connectivity index (χ4n) is 11.3. The molecule has 282 valence electrons. The lowest BCUT2D eigenvalue weighted by Crippen LogP contribution is -2.64. The van der Waals surface area contributed by atoms with Crippen LogP contribution in [0.2, 0.25) is 0 Å². The van der Waals surface area contributed by atoms with Gasteiger partial charge in [-0.2, -0.15) is 0 Å². The molecular weight excluding hydrogens is 652 g/mol. The van der Waals surface area contributed by atoms with Gasteiger partial charge in [0.05, 0.1) is 24.4 Å². The molecule has 0 aromatic carbocycles. The predicted molar refractivity (Wildman–Crippen MR) is 175 cm³/mol. The summed E-state index contributed by atoms with van der Waals surface area (Å²) in [6.45, 7) is 10.6. The predicted octanol–water partition coefficient (Wildman–Crippen LogP) is 1.10. The van der Waals surface area contributed by atoms with Gasteiger partial charge in [0, 0.05) is 24.5 Å². The third-order valence-electron chi connectivity index (χ3n) is 14.4. The average Bonchev–Trinajstić information content (AvgIpc) is 3.62. The van der Waals surface area contributed by atoms with Gasteiger partial charge in [0.2, 0.25) is 0 Å². The van der Waals surface area contributed by atoms with E-state index in [1.165, 1.54) is 7.11 Å². The Kier molecular flexibility index (Phi) is 9.89. The molecule has 4 aliphatic carbocycles. The number of hydrogen-bond donors (Lipinski definition) is 6. The molecule has 0 radical (unpaired) electrons. The Hall–Kier alpha value is -1.49. The number of cyclic esters (lactones) is 1. The molecule has 7 aliphatic rings. The summed E-state index contributed by atoms with van der Waals surface area (Å²) in [5, 5.41) is 64.4. The molecule has 4 saturated carbocycles. The second-order valence-corrected chi connectivity index (χ2v) is 16.6. The first-order valence-corrected chi connectivity index (χ1v) is 18.4. The zero-order valence-electron chi connectivity index (χ0n) is 29.6. The molecule has 50 heavy (non-hydrogen) atoms. The van der Waals surface area contributed by atoms with Gasteiger partial charge in [-0.1, -0.05) is 26.0 Å². The minimum Gasteiger partial charge on any atom is -0.458 e. The highest BCUT2D eigenvalue weighted by Crippen LogP contribution is 2.71. The Bertz CT molecular complexity index is 1340. The van der Waals surface area contributed by atoms with E-state index < -0.39 is 79.0 Å². The first kappa shape index (κ1) is 36.9. The van der Waals surface area contributed by atoms with E-state index in [0.29, 0.717) is 24.9 Å². The summed E-state index contributed by atoms with van der Waals surface area (Å²) in [5.41, 5.74) is 0.711. The van der Waals surface area contributed by atoms with E-state index in [4.69, 9.17) is 28.4 Å². The number of ether oxygens (including phenoxy) is 6. The molecule has 3 heterocycles. The second-order valence-electron chi connectivity index (χ2n) is 16.6. The first-order chi connectivity index (χ1) is 23.7.